The molecule has 2 nitrogen and oxygen atoms in total. The molecule has 0 atom stereocenters. The van der Waals surface area contributed by atoms with Crippen LogP contribution < -0.4 is 10.1 Å². The van der Waals surface area contributed by atoms with Gasteiger partial charge in [0.25, 0.3) is 0 Å². The fourth-order valence-electron chi connectivity index (χ4n) is 2.27. The first-order chi connectivity index (χ1) is 9.60. The van der Waals surface area contributed by atoms with Crippen LogP contribution in [0.4, 0.5) is 5.69 Å². The normalized spacial score (nSPS) is 10.4. The molecule has 0 bridgehead atoms. The summed E-state index contributed by atoms with van der Waals surface area (Å²) in [5, 5.41) is 3.47. The SMILES string of the molecule is CCOc1cccc(NCc2cc(C)c(C)cc2C)c1. The molecule has 0 aliphatic carbocycles. The van der Waals surface area contributed by atoms with Crippen LogP contribution in [-0.4, -0.2) is 6.61 Å². The number of nitrogens with one attached hydrogen (secondary N) is 1. The predicted molar refractivity (Wildman–Crippen MR) is 85.6 cm³/mol. The molecule has 2 aromatic carbocycles. The largest absolute Gasteiger partial charge is 0.494 e. The quantitative estimate of drug-likeness (QED) is 0.855. The van der Waals surface area contributed by atoms with Crippen molar-refractivity contribution < 1.29 is 4.74 Å². The van der Waals surface area contributed by atoms with Gasteiger partial charge in [0.05, 0.1) is 6.61 Å². The van der Waals surface area contributed by atoms with Gasteiger partial charge >= 0.3 is 0 Å². The Hall–Kier alpha value is -1.96. The Morgan fingerprint density at radius 3 is 2.45 bits per heavy atom. The Labute approximate surface area is 121 Å². The Bertz CT molecular complexity index is 590. The third-order valence-corrected chi connectivity index (χ3v) is 3.58. The van der Waals surface area contributed by atoms with Crippen LogP contribution in [0.1, 0.15) is 29.2 Å². The van der Waals surface area contributed by atoms with Crippen molar-refractivity contribution in [3.05, 3.63) is 58.7 Å². The summed E-state index contributed by atoms with van der Waals surface area (Å²) in [6.07, 6.45) is 0. The minimum absolute atomic E-state index is 0.694. The maximum Gasteiger partial charge on any atom is 0.121 e. The Kier molecular flexibility index (Phi) is 4.67. The van der Waals surface area contributed by atoms with Gasteiger partial charge in [-0.25, -0.2) is 0 Å². The fourth-order valence-corrected chi connectivity index (χ4v) is 2.27. The second-order valence-corrected chi connectivity index (χ2v) is 5.18. The molecule has 0 aliphatic rings. The molecule has 0 aliphatic heterocycles. The van der Waals surface area contributed by atoms with E-state index in [2.05, 4.69) is 44.3 Å². The van der Waals surface area contributed by atoms with E-state index in [0.29, 0.717) is 6.61 Å². The molecule has 1 N–H and O–H groups in total. The molecule has 106 valence electrons. The van der Waals surface area contributed by atoms with Crippen molar-refractivity contribution >= 4 is 5.69 Å². The first-order valence-corrected chi connectivity index (χ1v) is 7.13. The van der Waals surface area contributed by atoms with E-state index in [9.17, 15) is 0 Å². The van der Waals surface area contributed by atoms with E-state index in [1.54, 1.807) is 0 Å². The smallest absolute Gasteiger partial charge is 0.121 e. The molecule has 0 amide bonds. The fraction of sp³-hybridized carbons (Fsp3) is 0.333. The molecule has 2 rings (SSSR count). The number of anilines is 1. The Morgan fingerprint density at radius 2 is 1.70 bits per heavy atom. The van der Waals surface area contributed by atoms with E-state index in [1.807, 2.05) is 25.1 Å². The van der Waals surface area contributed by atoms with Gasteiger partial charge < -0.3 is 10.1 Å². The van der Waals surface area contributed by atoms with Gasteiger partial charge in [0.2, 0.25) is 0 Å². The summed E-state index contributed by atoms with van der Waals surface area (Å²) in [4.78, 5) is 0. The summed E-state index contributed by atoms with van der Waals surface area (Å²) in [6.45, 7) is 10.0. The maximum atomic E-state index is 5.52. The Morgan fingerprint density at radius 1 is 0.950 bits per heavy atom. The first kappa shape index (κ1) is 14.4. The van der Waals surface area contributed by atoms with Crippen LogP contribution in [0.3, 0.4) is 0 Å². The summed E-state index contributed by atoms with van der Waals surface area (Å²) < 4.78 is 5.52. The Balaban J connectivity index is 2.08. The zero-order valence-electron chi connectivity index (χ0n) is 12.8. The predicted octanol–water partition coefficient (Wildman–Crippen LogP) is 4.62. The molecule has 0 saturated carbocycles. The standard InChI is InChI=1S/C18H23NO/c1-5-20-18-8-6-7-17(11-18)19-12-16-10-14(3)13(2)9-15(16)4/h6-11,19H,5,12H2,1-4H3. The van der Waals surface area contributed by atoms with Crippen molar-refractivity contribution in [3.8, 4) is 5.75 Å². The van der Waals surface area contributed by atoms with E-state index < -0.39 is 0 Å². The van der Waals surface area contributed by atoms with Gasteiger partial charge in [0, 0.05) is 18.3 Å². The molecule has 2 heteroatoms. The van der Waals surface area contributed by atoms with Crippen LogP contribution in [0.15, 0.2) is 36.4 Å². The number of hydrogen-bond acceptors (Lipinski definition) is 2. The van der Waals surface area contributed by atoms with Crippen LogP contribution in [0.5, 0.6) is 5.75 Å². The van der Waals surface area contributed by atoms with Crippen LogP contribution >= 0.6 is 0 Å². The van der Waals surface area contributed by atoms with Crippen molar-refractivity contribution in [2.45, 2.75) is 34.2 Å². The highest BCUT2D eigenvalue weighted by atomic mass is 16.5. The summed E-state index contributed by atoms with van der Waals surface area (Å²) in [5.41, 5.74) is 6.46. The third-order valence-electron chi connectivity index (χ3n) is 3.58. The lowest BCUT2D eigenvalue weighted by Gasteiger charge is -2.12. The minimum atomic E-state index is 0.694. The van der Waals surface area contributed by atoms with E-state index in [1.165, 1.54) is 22.3 Å². The molecule has 0 spiro atoms. The number of rotatable bonds is 5. The van der Waals surface area contributed by atoms with E-state index in [0.717, 1.165) is 18.0 Å². The molecule has 0 unspecified atom stereocenters. The van der Waals surface area contributed by atoms with Gasteiger partial charge in [-0.1, -0.05) is 18.2 Å². The number of ether oxygens (including phenoxy) is 1. The molecular weight excluding hydrogens is 246 g/mol. The van der Waals surface area contributed by atoms with Crippen molar-refractivity contribution in [1.82, 2.24) is 0 Å². The second kappa shape index (κ2) is 6.47. The topological polar surface area (TPSA) is 21.3 Å². The summed E-state index contributed by atoms with van der Waals surface area (Å²) in [6, 6.07) is 12.6. The maximum absolute atomic E-state index is 5.52. The highest BCUT2D eigenvalue weighted by Crippen LogP contribution is 2.20. The molecular formula is C18H23NO. The first-order valence-electron chi connectivity index (χ1n) is 7.13. The molecule has 0 saturated heterocycles. The highest BCUT2D eigenvalue weighted by molar-refractivity contribution is 5.49. The van der Waals surface area contributed by atoms with E-state index in [4.69, 9.17) is 4.74 Å². The third kappa shape index (κ3) is 3.53. The summed E-state index contributed by atoms with van der Waals surface area (Å²) in [7, 11) is 0. The molecule has 2 aromatic rings. The van der Waals surface area contributed by atoms with Crippen molar-refractivity contribution in [3.63, 3.8) is 0 Å². The zero-order chi connectivity index (χ0) is 14.5. The van der Waals surface area contributed by atoms with Gasteiger partial charge in [0.1, 0.15) is 5.75 Å². The molecule has 0 fully saturated rings. The average molecular weight is 269 g/mol. The molecule has 20 heavy (non-hydrogen) atoms. The van der Waals surface area contributed by atoms with Gasteiger partial charge in [-0.05, 0) is 62.1 Å². The van der Waals surface area contributed by atoms with Gasteiger partial charge in [-0.3, -0.25) is 0 Å². The number of hydrogen-bond donors (Lipinski definition) is 1. The monoisotopic (exact) mass is 269 g/mol. The van der Waals surface area contributed by atoms with Crippen molar-refractivity contribution in [1.29, 1.82) is 0 Å². The van der Waals surface area contributed by atoms with Crippen LogP contribution in [0.2, 0.25) is 0 Å². The lowest BCUT2D eigenvalue weighted by Crippen LogP contribution is -2.03. The number of benzene rings is 2. The molecule has 0 aromatic heterocycles. The van der Waals surface area contributed by atoms with Gasteiger partial charge in [-0.15, -0.1) is 0 Å². The minimum Gasteiger partial charge on any atom is -0.494 e. The average Bonchev–Trinajstić information content (AvgIpc) is 2.42. The van der Waals surface area contributed by atoms with Crippen LogP contribution in [0, 0.1) is 20.8 Å². The van der Waals surface area contributed by atoms with Crippen molar-refractivity contribution in [2.75, 3.05) is 11.9 Å². The van der Waals surface area contributed by atoms with E-state index >= 15 is 0 Å². The van der Waals surface area contributed by atoms with Crippen LogP contribution in [-0.2, 0) is 6.54 Å². The lowest BCUT2D eigenvalue weighted by molar-refractivity contribution is 0.340. The highest BCUT2D eigenvalue weighted by Gasteiger charge is 2.02. The lowest BCUT2D eigenvalue weighted by atomic mass is 10.0. The van der Waals surface area contributed by atoms with Crippen LogP contribution in [0.25, 0.3) is 0 Å². The van der Waals surface area contributed by atoms with Crippen molar-refractivity contribution in [2.24, 2.45) is 0 Å². The molecule has 0 heterocycles. The van der Waals surface area contributed by atoms with Gasteiger partial charge in [0.15, 0.2) is 0 Å². The summed E-state index contributed by atoms with van der Waals surface area (Å²) in [5.74, 6) is 0.911. The summed E-state index contributed by atoms with van der Waals surface area (Å²) >= 11 is 0. The zero-order valence-corrected chi connectivity index (χ0v) is 12.8. The number of aryl methyl sites for hydroxylation is 3. The molecule has 0 radical (unpaired) electrons. The van der Waals surface area contributed by atoms with Gasteiger partial charge in [-0.2, -0.15) is 0 Å². The van der Waals surface area contributed by atoms with E-state index in [-0.39, 0.29) is 0 Å². The second-order valence-electron chi connectivity index (χ2n) is 5.18.